The molecule has 1 aromatic carbocycles. The normalized spacial score (nSPS) is 19.4. The summed E-state index contributed by atoms with van der Waals surface area (Å²) in [6.07, 6.45) is 3.36. The van der Waals surface area contributed by atoms with Gasteiger partial charge in [-0.2, -0.15) is 0 Å². The highest BCUT2D eigenvalue weighted by Crippen LogP contribution is 2.26. The van der Waals surface area contributed by atoms with Gasteiger partial charge >= 0.3 is 5.69 Å². The van der Waals surface area contributed by atoms with Crippen molar-refractivity contribution in [3.63, 3.8) is 0 Å². The van der Waals surface area contributed by atoms with Crippen molar-refractivity contribution in [1.29, 1.82) is 0 Å². The molecule has 0 aliphatic carbocycles. The number of para-hydroxylation sites is 2. The average molecular weight is 250 g/mol. The first-order chi connectivity index (χ1) is 8.77. The Kier molecular flexibility index (Phi) is 4.52. The van der Waals surface area contributed by atoms with Gasteiger partial charge in [0.05, 0.1) is 11.5 Å². The fraction of sp³-hybridized carbons (Fsp3) is 0.538. The minimum Gasteiger partial charge on any atom is -0.487 e. The molecule has 0 unspecified atom stereocenters. The van der Waals surface area contributed by atoms with Crippen LogP contribution in [0.25, 0.3) is 0 Å². The Morgan fingerprint density at radius 1 is 1.44 bits per heavy atom. The van der Waals surface area contributed by atoms with Crippen molar-refractivity contribution in [2.75, 3.05) is 19.7 Å². The molecule has 1 fully saturated rings. The summed E-state index contributed by atoms with van der Waals surface area (Å²) in [6, 6.07) is 6.52. The van der Waals surface area contributed by atoms with Crippen LogP contribution in [0.3, 0.4) is 0 Å². The lowest BCUT2D eigenvalue weighted by atomic mass is 9.97. The Hall–Kier alpha value is -1.62. The molecule has 2 rings (SSSR count). The standard InChI is InChI=1S/C13H18N2O3/c16-15(17)12-5-1-2-6-13(12)18-9-7-11-4-3-8-14-10-11/h1-2,5-6,11,14H,3-4,7-10H2/t11-/m0/s1. The fourth-order valence-corrected chi connectivity index (χ4v) is 2.24. The van der Waals surface area contributed by atoms with E-state index in [1.165, 1.54) is 18.9 Å². The zero-order valence-corrected chi connectivity index (χ0v) is 10.3. The predicted molar refractivity (Wildman–Crippen MR) is 68.8 cm³/mol. The molecule has 5 heteroatoms. The van der Waals surface area contributed by atoms with Gasteiger partial charge in [0.15, 0.2) is 5.75 Å². The van der Waals surface area contributed by atoms with E-state index in [0.717, 1.165) is 19.5 Å². The second-order valence-corrected chi connectivity index (χ2v) is 4.57. The lowest BCUT2D eigenvalue weighted by Crippen LogP contribution is -2.30. The SMILES string of the molecule is O=[N+]([O-])c1ccccc1OCC[C@@H]1CCCNC1. The van der Waals surface area contributed by atoms with E-state index in [2.05, 4.69) is 5.32 Å². The molecule has 0 radical (unpaired) electrons. The molecule has 0 bridgehead atoms. The molecule has 1 aliphatic heterocycles. The van der Waals surface area contributed by atoms with Gasteiger partial charge in [-0.1, -0.05) is 12.1 Å². The second-order valence-electron chi connectivity index (χ2n) is 4.57. The number of benzene rings is 1. The Morgan fingerprint density at radius 3 is 3.00 bits per heavy atom. The molecule has 1 atom stereocenters. The van der Waals surface area contributed by atoms with Crippen LogP contribution in [-0.2, 0) is 0 Å². The zero-order valence-electron chi connectivity index (χ0n) is 10.3. The van der Waals surface area contributed by atoms with Gasteiger partial charge in [-0.3, -0.25) is 10.1 Å². The van der Waals surface area contributed by atoms with E-state index in [4.69, 9.17) is 4.74 Å². The van der Waals surface area contributed by atoms with Gasteiger partial charge < -0.3 is 10.1 Å². The Balaban J connectivity index is 1.84. The van der Waals surface area contributed by atoms with Crippen LogP contribution in [0.4, 0.5) is 5.69 Å². The third kappa shape index (κ3) is 3.43. The summed E-state index contributed by atoms with van der Waals surface area (Å²) >= 11 is 0. The Bertz CT molecular complexity index is 403. The maximum atomic E-state index is 10.8. The number of nitro groups is 1. The van der Waals surface area contributed by atoms with Gasteiger partial charge in [-0.25, -0.2) is 0 Å². The van der Waals surface area contributed by atoms with Crippen LogP contribution in [-0.4, -0.2) is 24.6 Å². The third-order valence-electron chi connectivity index (χ3n) is 3.24. The number of hydrogen-bond acceptors (Lipinski definition) is 4. The molecule has 18 heavy (non-hydrogen) atoms. The maximum Gasteiger partial charge on any atom is 0.310 e. The van der Waals surface area contributed by atoms with E-state index in [9.17, 15) is 10.1 Å². The van der Waals surface area contributed by atoms with Gasteiger partial charge in [0.25, 0.3) is 0 Å². The van der Waals surface area contributed by atoms with Crippen LogP contribution in [0.5, 0.6) is 5.75 Å². The van der Waals surface area contributed by atoms with Crippen molar-refractivity contribution < 1.29 is 9.66 Å². The smallest absolute Gasteiger partial charge is 0.310 e. The molecule has 0 spiro atoms. The van der Waals surface area contributed by atoms with E-state index in [-0.39, 0.29) is 5.69 Å². The summed E-state index contributed by atoms with van der Waals surface area (Å²) in [7, 11) is 0. The average Bonchev–Trinajstić information content (AvgIpc) is 2.40. The topological polar surface area (TPSA) is 64.4 Å². The number of rotatable bonds is 5. The predicted octanol–water partition coefficient (Wildman–Crippen LogP) is 2.36. The van der Waals surface area contributed by atoms with Gasteiger partial charge in [0.2, 0.25) is 0 Å². The minimum absolute atomic E-state index is 0.0410. The highest BCUT2D eigenvalue weighted by atomic mass is 16.6. The van der Waals surface area contributed by atoms with Crippen LogP contribution >= 0.6 is 0 Å². The molecule has 0 saturated carbocycles. The first-order valence-electron chi connectivity index (χ1n) is 6.34. The van der Waals surface area contributed by atoms with Crippen LogP contribution in [0.2, 0.25) is 0 Å². The second kappa shape index (κ2) is 6.35. The number of ether oxygens (including phenoxy) is 1. The zero-order chi connectivity index (χ0) is 12.8. The summed E-state index contributed by atoms with van der Waals surface area (Å²) in [5.74, 6) is 0.993. The van der Waals surface area contributed by atoms with E-state index >= 15 is 0 Å². The first kappa shape index (κ1) is 12.8. The lowest BCUT2D eigenvalue weighted by molar-refractivity contribution is -0.385. The van der Waals surface area contributed by atoms with E-state index in [1.54, 1.807) is 18.2 Å². The minimum atomic E-state index is -0.405. The Labute approximate surface area is 106 Å². The summed E-state index contributed by atoms with van der Waals surface area (Å²) < 4.78 is 5.53. The maximum absolute atomic E-state index is 10.8. The molecule has 98 valence electrons. The number of hydrogen-bond donors (Lipinski definition) is 1. The summed E-state index contributed by atoms with van der Waals surface area (Å²) in [4.78, 5) is 10.4. The largest absolute Gasteiger partial charge is 0.487 e. The van der Waals surface area contributed by atoms with Crippen LogP contribution in [0, 0.1) is 16.0 Å². The molecule has 0 amide bonds. The van der Waals surface area contributed by atoms with Crippen molar-refractivity contribution in [2.24, 2.45) is 5.92 Å². The monoisotopic (exact) mass is 250 g/mol. The van der Waals surface area contributed by atoms with Crippen molar-refractivity contribution in [3.8, 4) is 5.75 Å². The Morgan fingerprint density at radius 2 is 2.28 bits per heavy atom. The fourth-order valence-electron chi connectivity index (χ4n) is 2.24. The summed E-state index contributed by atoms with van der Waals surface area (Å²) in [6.45, 7) is 2.67. The van der Waals surface area contributed by atoms with Gasteiger partial charge in [0, 0.05) is 6.07 Å². The molecule has 1 aliphatic rings. The molecule has 1 saturated heterocycles. The third-order valence-corrected chi connectivity index (χ3v) is 3.24. The van der Waals surface area contributed by atoms with E-state index in [1.807, 2.05) is 0 Å². The molecular weight excluding hydrogens is 232 g/mol. The first-order valence-corrected chi connectivity index (χ1v) is 6.34. The molecule has 5 nitrogen and oxygen atoms in total. The highest BCUT2D eigenvalue weighted by molar-refractivity contribution is 5.45. The van der Waals surface area contributed by atoms with Crippen LogP contribution in [0.1, 0.15) is 19.3 Å². The molecule has 0 aromatic heterocycles. The molecule has 1 aromatic rings. The number of nitrogens with one attached hydrogen (secondary N) is 1. The molecule has 1 heterocycles. The van der Waals surface area contributed by atoms with Crippen LogP contribution in [0.15, 0.2) is 24.3 Å². The summed E-state index contributed by atoms with van der Waals surface area (Å²) in [5.41, 5.74) is 0.0410. The van der Waals surface area contributed by atoms with Crippen molar-refractivity contribution in [1.82, 2.24) is 5.32 Å². The van der Waals surface area contributed by atoms with Crippen molar-refractivity contribution in [2.45, 2.75) is 19.3 Å². The van der Waals surface area contributed by atoms with Crippen molar-refractivity contribution in [3.05, 3.63) is 34.4 Å². The van der Waals surface area contributed by atoms with E-state index in [0.29, 0.717) is 18.3 Å². The molecule has 1 N–H and O–H groups in total. The van der Waals surface area contributed by atoms with Gasteiger partial charge in [-0.05, 0) is 44.3 Å². The number of piperidine rings is 1. The van der Waals surface area contributed by atoms with Crippen LogP contribution < -0.4 is 10.1 Å². The number of nitrogens with zero attached hydrogens (tertiary/aromatic N) is 1. The highest BCUT2D eigenvalue weighted by Gasteiger charge is 2.16. The number of nitro benzene ring substituents is 1. The quantitative estimate of drug-likeness (QED) is 0.643. The molecular formula is C13H18N2O3. The van der Waals surface area contributed by atoms with E-state index < -0.39 is 4.92 Å². The summed E-state index contributed by atoms with van der Waals surface area (Å²) in [5, 5.41) is 14.2. The van der Waals surface area contributed by atoms with Crippen molar-refractivity contribution >= 4 is 5.69 Å². The van der Waals surface area contributed by atoms with Gasteiger partial charge in [-0.15, -0.1) is 0 Å². The lowest BCUT2D eigenvalue weighted by Gasteiger charge is -2.22. The van der Waals surface area contributed by atoms with Gasteiger partial charge in [0.1, 0.15) is 0 Å².